The molecular formula is C20H40N2. The first kappa shape index (κ1) is 18.3. The lowest BCUT2D eigenvalue weighted by molar-refractivity contribution is -0.0452. The summed E-state index contributed by atoms with van der Waals surface area (Å²) in [6, 6.07) is 0. The Morgan fingerprint density at radius 3 is 1.59 bits per heavy atom. The Morgan fingerprint density at radius 1 is 0.818 bits per heavy atom. The van der Waals surface area contributed by atoms with Crippen molar-refractivity contribution in [2.75, 3.05) is 0 Å². The van der Waals surface area contributed by atoms with Crippen molar-refractivity contribution in [2.45, 2.75) is 103 Å². The lowest BCUT2D eigenvalue weighted by atomic mass is 9.51. The lowest BCUT2D eigenvalue weighted by Crippen LogP contribution is -2.48. The van der Waals surface area contributed by atoms with Crippen molar-refractivity contribution in [1.82, 2.24) is 0 Å². The van der Waals surface area contributed by atoms with Gasteiger partial charge >= 0.3 is 0 Å². The molecule has 0 aliphatic heterocycles. The number of hydrogen-bond donors (Lipinski definition) is 2. The molecule has 4 N–H and O–H groups in total. The van der Waals surface area contributed by atoms with E-state index in [1.54, 1.807) is 0 Å². The van der Waals surface area contributed by atoms with E-state index in [1.165, 1.54) is 77.0 Å². The van der Waals surface area contributed by atoms with Gasteiger partial charge in [-0.15, -0.1) is 0 Å². The van der Waals surface area contributed by atoms with E-state index in [2.05, 4.69) is 13.8 Å². The quantitative estimate of drug-likeness (QED) is 0.635. The molecule has 2 heteroatoms. The normalized spacial score (nSPS) is 23.9. The van der Waals surface area contributed by atoms with Crippen LogP contribution in [0, 0.1) is 23.2 Å². The van der Waals surface area contributed by atoms with Crippen LogP contribution >= 0.6 is 0 Å². The molecule has 2 nitrogen and oxygen atoms in total. The Balaban J connectivity index is 2.29. The minimum Gasteiger partial charge on any atom is -0.316 e. The summed E-state index contributed by atoms with van der Waals surface area (Å²) in [5.41, 5.74) is 12.6. The zero-order valence-electron chi connectivity index (χ0n) is 15.2. The molecule has 2 rings (SSSR count). The molecule has 0 heterocycles. The number of nitrogens with two attached hydrogens (primary N) is 2. The average Bonchev–Trinajstić information content (AvgIpc) is 2.56. The summed E-state index contributed by atoms with van der Waals surface area (Å²) in [6.45, 7) is 4.84. The summed E-state index contributed by atoms with van der Waals surface area (Å²) in [6.07, 6.45) is 18.0. The maximum absolute atomic E-state index is 6.06. The Labute approximate surface area is 138 Å². The van der Waals surface area contributed by atoms with Crippen LogP contribution in [-0.4, -0.2) is 6.17 Å². The molecule has 0 aromatic heterocycles. The van der Waals surface area contributed by atoms with Crippen LogP contribution in [0.25, 0.3) is 0 Å². The fourth-order valence-electron chi connectivity index (χ4n) is 6.24. The summed E-state index contributed by atoms with van der Waals surface area (Å²) in [5, 5.41) is 0. The van der Waals surface area contributed by atoms with Gasteiger partial charge in [-0.05, 0) is 61.7 Å². The van der Waals surface area contributed by atoms with Gasteiger partial charge in [-0.1, -0.05) is 58.8 Å². The summed E-state index contributed by atoms with van der Waals surface area (Å²) in [4.78, 5) is 0. The zero-order valence-corrected chi connectivity index (χ0v) is 15.2. The van der Waals surface area contributed by atoms with E-state index in [4.69, 9.17) is 11.5 Å². The van der Waals surface area contributed by atoms with Gasteiger partial charge in [0.1, 0.15) is 0 Å². The minimum atomic E-state index is -0.136. The fraction of sp³-hybridized carbons (Fsp3) is 1.00. The molecule has 0 aromatic carbocycles. The van der Waals surface area contributed by atoms with Gasteiger partial charge in [-0.3, -0.25) is 0 Å². The molecule has 1 unspecified atom stereocenters. The van der Waals surface area contributed by atoms with E-state index in [1.807, 2.05) is 0 Å². The van der Waals surface area contributed by atoms with E-state index >= 15 is 0 Å². The second-order valence-electron chi connectivity index (χ2n) is 8.14. The summed E-state index contributed by atoms with van der Waals surface area (Å²) in [7, 11) is 0. The molecular weight excluding hydrogens is 268 g/mol. The molecule has 0 radical (unpaired) electrons. The van der Waals surface area contributed by atoms with Gasteiger partial charge in [0.15, 0.2) is 0 Å². The van der Waals surface area contributed by atoms with Gasteiger partial charge in [0, 0.05) is 0 Å². The van der Waals surface area contributed by atoms with Crippen LogP contribution in [0.2, 0.25) is 0 Å². The zero-order chi connectivity index (χ0) is 16.0. The SMILES string of the molecule is CCC(CC(N)N)C(CC)(C1CCCCC1)C1CCCCC1. The van der Waals surface area contributed by atoms with Crippen molar-refractivity contribution in [3.8, 4) is 0 Å². The van der Waals surface area contributed by atoms with Crippen LogP contribution in [0.3, 0.4) is 0 Å². The molecule has 0 bridgehead atoms. The molecule has 0 spiro atoms. The minimum absolute atomic E-state index is 0.136. The fourth-order valence-corrected chi connectivity index (χ4v) is 6.24. The first-order chi connectivity index (χ1) is 10.6. The van der Waals surface area contributed by atoms with E-state index < -0.39 is 0 Å². The van der Waals surface area contributed by atoms with E-state index in [-0.39, 0.29) is 6.17 Å². The Morgan fingerprint density at radius 2 is 1.27 bits per heavy atom. The third-order valence-corrected chi connectivity index (χ3v) is 7.15. The first-order valence-electron chi connectivity index (χ1n) is 10.2. The van der Waals surface area contributed by atoms with E-state index in [0.29, 0.717) is 5.41 Å². The van der Waals surface area contributed by atoms with Gasteiger partial charge in [0.25, 0.3) is 0 Å². The maximum Gasteiger partial charge on any atom is 0.0523 e. The topological polar surface area (TPSA) is 52.0 Å². The molecule has 22 heavy (non-hydrogen) atoms. The number of rotatable bonds is 7. The van der Waals surface area contributed by atoms with Crippen LogP contribution in [0.4, 0.5) is 0 Å². The highest BCUT2D eigenvalue weighted by atomic mass is 14.8. The van der Waals surface area contributed by atoms with Crippen molar-refractivity contribution < 1.29 is 0 Å². The predicted octanol–water partition coefficient (Wildman–Crippen LogP) is 5.20. The summed E-state index contributed by atoms with van der Waals surface area (Å²) in [5.74, 6) is 2.58. The van der Waals surface area contributed by atoms with Gasteiger partial charge < -0.3 is 11.5 Å². The van der Waals surface area contributed by atoms with Crippen LogP contribution in [0.15, 0.2) is 0 Å². The third kappa shape index (κ3) is 3.87. The average molecular weight is 309 g/mol. The lowest BCUT2D eigenvalue weighted by Gasteiger charge is -2.54. The molecule has 2 aliphatic carbocycles. The Bertz CT molecular complexity index is 283. The summed E-state index contributed by atoms with van der Waals surface area (Å²) < 4.78 is 0. The van der Waals surface area contributed by atoms with Gasteiger partial charge in [0.2, 0.25) is 0 Å². The van der Waals surface area contributed by atoms with Crippen LogP contribution in [0.1, 0.15) is 97.3 Å². The van der Waals surface area contributed by atoms with Crippen molar-refractivity contribution >= 4 is 0 Å². The molecule has 2 fully saturated rings. The van der Waals surface area contributed by atoms with Crippen molar-refractivity contribution in [2.24, 2.45) is 34.6 Å². The van der Waals surface area contributed by atoms with E-state index in [9.17, 15) is 0 Å². The van der Waals surface area contributed by atoms with Gasteiger partial charge in [-0.25, -0.2) is 0 Å². The standard InChI is InChI=1S/C20H40N2/c1-3-16(15-19(21)22)20(4-2,17-11-7-5-8-12-17)18-13-9-6-10-14-18/h16-19H,3-15,21-22H2,1-2H3. The second kappa shape index (κ2) is 8.68. The molecule has 130 valence electrons. The predicted molar refractivity (Wildman–Crippen MR) is 96.4 cm³/mol. The Hall–Kier alpha value is -0.0800. The van der Waals surface area contributed by atoms with Crippen LogP contribution < -0.4 is 11.5 Å². The molecule has 0 amide bonds. The maximum atomic E-state index is 6.06. The van der Waals surface area contributed by atoms with Gasteiger partial charge in [-0.2, -0.15) is 0 Å². The van der Waals surface area contributed by atoms with Crippen molar-refractivity contribution in [3.63, 3.8) is 0 Å². The number of hydrogen-bond acceptors (Lipinski definition) is 2. The highest BCUT2D eigenvalue weighted by molar-refractivity contribution is 4.98. The van der Waals surface area contributed by atoms with Crippen LogP contribution in [-0.2, 0) is 0 Å². The largest absolute Gasteiger partial charge is 0.316 e. The van der Waals surface area contributed by atoms with Crippen LogP contribution in [0.5, 0.6) is 0 Å². The van der Waals surface area contributed by atoms with Crippen molar-refractivity contribution in [3.05, 3.63) is 0 Å². The Kier molecular flexibility index (Phi) is 7.21. The van der Waals surface area contributed by atoms with E-state index in [0.717, 1.165) is 24.2 Å². The molecule has 2 aliphatic rings. The second-order valence-corrected chi connectivity index (χ2v) is 8.14. The molecule has 2 saturated carbocycles. The molecule has 1 atom stereocenters. The highest BCUT2D eigenvalue weighted by Crippen LogP contribution is 2.57. The molecule has 0 aromatic rings. The third-order valence-electron chi connectivity index (χ3n) is 7.15. The highest BCUT2D eigenvalue weighted by Gasteiger charge is 2.48. The van der Waals surface area contributed by atoms with Gasteiger partial charge in [0.05, 0.1) is 6.17 Å². The smallest absolute Gasteiger partial charge is 0.0523 e. The monoisotopic (exact) mass is 308 g/mol. The van der Waals surface area contributed by atoms with Crippen molar-refractivity contribution in [1.29, 1.82) is 0 Å². The first-order valence-corrected chi connectivity index (χ1v) is 10.2. The summed E-state index contributed by atoms with van der Waals surface area (Å²) >= 11 is 0. The molecule has 0 saturated heterocycles.